The van der Waals surface area contributed by atoms with E-state index in [1.165, 1.54) is 0 Å². The molecule has 0 spiro atoms. The fourth-order valence-electron chi connectivity index (χ4n) is 1.92. The molecule has 0 radical (unpaired) electrons. The molecule has 0 aliphatic rings. The fourth-order valence-corrected chi connectivity index (χ4v) is 2.36. The summed E-state index contributed by atoms with van der Waals surface area (Å²) in [5.41, 5.74) is 0.342. The molecule has 0 saturated heterocycles. The second-order valence-electron chi connectivity index (χ2n) is 4.60. The van der Waals surface area contributed by atoms with E-state index in [1.807, 2.05) is 37.3 Å². The number of alkyl halides is 1. The van der Waals surface area contributed by atoms with Crippen molar-refractivity contribution in [3.05, 3.63) is 42.0 Å². The van der Waals surface area contributed by atoms with E-state index in [0.717, 1.165) is 5.39 Å². The van der Waals surface area contributed by atoms with Gasteiger partial charge in [-0.15, -0.1) is 0 Å². The molecule has 0 saturated carbocycles. The molecule has 1 atom stereocenters. The van der Waals surface area contributed by atoms with E-state index in [2.05, 4.69) is 15.9 Å². The summed E-state index contributed by atoms with van der Waals surface area (Å²) >= 11 is 3.36. The van der Waals surface area contributed by atoms with Gasteiger partial charge in [0, 0.05) is 23.8 Å². The molecule has 0 aromatic heterocycles. The second kappa shape index (κ2) is 5.61. The highest BCUT2D eigenvalue weighted by molar-refractivity contribution is 9.09. The van der Waals surface area contributed by atoms with E-state index in [9.17, 15) is 9.90 Å². The minimum Gasteiger partial charge on any atom is -0.506 e. The summed E-state index contributed by atoms with van der Waals surface area (Å²) in [4.78, 5) is 14.0. The number of rotatable bonds is 3. The van der Waals surface area contributed by atoms with Crippen molar-refractivity contribution in [2.45, 2.75) is 13.0 Å². The Hall–Kier alpha value is -1.55. The van der Waals surface area contributed by atoms with Gasteiger partial charge in [-0.2, -0.15) is 0 Å². The maximum Gasteiger partial charge on any atom is 0.257 e. The molecule has 1 unspecified atom stereocenters. The SMILES string of the molecule is CC(CBr)N(C)C(=O)c1ccc2ccccc2c1O. The van der Waals surface area contributed by atoms with Crippen LogP contribution in [0, 0.1) is 0 Å². The third-order valence-corrected chi connectivity index (χ3v) is 4.27. The summed E-state index contributed by atoms with van der Waals surface area (Å²) in [6.07, 6.45) is 0. The summed E-state index contributed by atoms with van der Waals surface area (Å²) in [6.45, 7) is 1.95. The summed E-state index contributed by atoms with van der Waals surface area (Å²) in [5, 5.41) is 12.6. The highest BCUT2D eigenvalue weighted by Crippen LogP contribution is 2.29. The third kappa shape index (κ3) is 2.59. The lowest BCUT2D eigenvalue weighted by Gasteiger charge is -2.23. The van der Waals surface area contributed by atoms with Crippen LogP contribution in [0.25, 0.3) is 10.8 Å². The molecule has 0 aliphatic carbocycles. The zero-order valence-electron chi connectivity index (χ0n) is 10.9. The van der Waals surface area contributed by atoms with E-state index in [4.69, 9.17) is 0 Å². The lowest BCUT2D eigenvalue weighted by molar-refractivity contribution is 0.0755. The number of phenolic OH excluding ortho intramolecular Hbond substituents is 1. The van der Waals surface area contributed by atoms with Crippen molar-refractivity contribution < 1.29 is 9.90 Å². The number of hydrogen-bond donors (Lipinski definition) is 1. The van der Waals surface area contributed by atoms with Gasteiger partial charge in [0.05, 0.1) is 5.56 Å². The van der Waals surface area contributed by atoms with Crippen molar-refractivity contribution in [2.24, 2.45) is 0 Å². The normalized spacial score (nSPS) is 12.4. The number of amides is 1. The first-order valence-electron chi connectivity index (χ1n) is 6.10. The van der Waals surface area contributed by atoms with Gasteiger partial charge in [-0.25, -0.2) is 0 Å². The number of carbonyl (C=O) groups excluding carboxylic acids is 1. The zero-order chi connectivity index (χ0) is 14.0. The molecular formula is C15H16BrNO2. The molecule has 1 N–H and O–H groups in total. The average Bonchev–Trinajstić information content (AvgIpc) is 2.45. The standard InChI is InChI=1S/C15H16BrNO2/c1-10(9-16)17(2)15(19)13-8-7-11-5-3-4-6-12(11)14(13)18/h3-8,10,18H,9H2,1-2H3. The summed E-state index contributed by atoms with van der Waals surface area (Å²) in [5.74, 6) is -0.119. The van der Waals surface area contributed by atoms with Crippen molar-refractivity contribution in [1.82, 2.24) is 4.90 Å². The van der Waals surface area contributed by atoms with Crippen LogP contribution in [0.3, 0.4) is 0 Å². The number of aromatic hydroxyl groups is 1. The number of fused-ring (bicyclic) bond motifs is 1. The van der Waals surface area contributed by atoms with Crippen LogP contribution in [0.15, 0.2) is 36.4 Å². The second-order valence-corrected chi connectivity index (χ2v) is 5.25. The number of halogens is 1. The molecule has 19 heavy (non-hydrogen) atoms. The smallest absolute Gasteiger partial charge is 0.257 e. The van der Waals surface area contributed by atoms with Crippen molar-refractivity contribution in [3.63, 3.8) is 0 Å². The fraction of sp³-hybridized carbons (Fsp3) is 0.267. The van der Waals surface area contributed by atoms with E-state index in [-0.39, 0.29) is 17.7 Å². The van der Waals surface area contributed by atoms with Crippen molar-refractivity contribution in [2.75, 3.05) is 12.4 Å². The molecule has 100 valence electrons. The van der Waals surface area contributed by atoms with Crippen LogP contribution in [-0.2, 0) is 0 Å². The predicted molar refractivity (Wildman–Crippen MR) is 81.0 cm³/mol. The van der Waals surface area contributed by atoms with Crippen LogP contribution >= 0.6 is 15.9 Å². The Morgan fingerprint density at radius 3 is 2.68 bits per heavy atom. The highest BCUT2D eigenvalue weighted by Gasteiger charge is 2.20. The maximum absolute atomic E-state index is 12.4. The monoisotopic (exact) mass is 321 g/mol. The van der Waals surface area contributed by atoms with Crippen LogP contribution in [0.2, 0.25) is 0 Å². The van der Waals surface area contributed by atoms with E-state index in [1.54, 1.807) is 18.0 Å². The molecule has 0 bridgehead atoms. The molecule has 1 amide bonds. The van der Waals surface area contributed by atoms with Gasteiger partial charge in [0.15, 0.2) is 0 Å². The quantitative estimate of drug-likeness (QED) is 0.880. The van der Waals surface area contributed by atoms with E-state index >= 15 is 0 Å². The Labute approximate surface area is 121 Å². The Balaban J connectivity index is 2.46. The molecule has 0 fully saturated rings. The van der Waals surface area contributed by atoms with Crippen LogP contribution in [0.5, 0.6) is 5.75 Å². The number of benzene rings is 2. The highest BCUT2D eigenvalue weighted by atomic mass is 79.9. The molecule has 2 aromatic rings. The number of nitrogens with zero attached hydrogens (tertiary/aromatic N) is 1. The number of phenols is 1. The average molecular weight is 322 g/mol. The number of hydrogen-bond acceptors (Lipinski definition) is 2. The van der Waals surface area contributed by atoms with E-state index < -0.39 is 0 Å². The molecule has 2 aromatic carbocycles. The zero-order valence-corrected chi connectivity index (χ0v) is 12.5. The summed E-state index contributed by atoms with van der Waals surface area (Å²) in [7, 11) is 1.74. The molecular weight excluding hydrogens is 306 g/mol. The third-order valence-electron chi connectivity index (χ3n) is 3.34. The van der Waals surface area contributed by atoms with Gasteiger partial charge in [-0.1, -0.05) is 46.3 Å². The van der Waals surface area contributed by atoms with Gasteiger partial charge in [-0.05, 0) is 18.4 Å². The van der Waals surface area contributed by atoms with Crippen LogP contribution in [-0.4, -0.2) is 34.3 Å². The Kier molecular flexibility index (Phi) is 4.10. The first-order valence-corrected chi connectivity index (χ1v) is 7.22. The van der Waals surface area contributed by atoms with Gasteiger partial charge >= 0.3 is 0 Å². The maximum atomic E-state index is 12.4. The van der Waals surface area contributed by atoms with Gasteiger partial charge in [0.25, 0.3) is 5.91 Å². The molecule has 0 heterocycles. The van der Waals surface area contributed by atoms with Crippen molar-refractivity contribution in [1.29, 1.82) is 0 Å². The predicted octanol–water partition coefficient (Wildman–Crippen LogP) is 3.40. The molecule has 0 aliphatic heterocycles. The van der Waals surface area contributed by atoms with Gasteiger partial charge in [-0.3, -0.25) is 4.79 Å². The van der Waals surface area contributed by atoms with Crippen LogP contribution < -0.4 is 0 Å². The lowest BCUT2D eigenvalue weighted by atomic mass is 10.0. The molecule has 4 heteroatoms. The topological polar surface area (TPSA) is 40.5 Å². The van der Waals surface area contributed by atoms with Gasteiger partial charge in [0.1, 0.15) is 5.75 Å². The summed E-state index contributed by atoms with van der Waals surface area (Å²) < 4.78 is 0. The minimum absolute atomic E-state index is 0.0525. The Morgan fingerprint density at radius 1 is 1.32 bits per heavy atom. The molecule has 3 nitrogen and oxygen atoms in total. The first kappa shape index (κ1) is 13.9. The van der Waals surface area contributed by atoms with Crippen molar-refractivity contribution in [3.8, 4) is 5.75 Å². The lowest BCUT2D eigenvalue weighted by Crippen LogP contribution is -2.36. The largest absolute Gasteiger partial charge is 0.506 e. The number of carbonyl (C=O) groups is 1. The van der Waals surface area contributed by atoms with E-state index in [0.29, 0.717) is 16.3 Å². The summed E-state index contributed by atoms with van der Waals surface area (Å²) in [6, 6.07) is 11.1. The Morgan fingerprint density at radius 2 is 2.00 bits per heavy atom. The Bertz CT molecular complexity index is 612. The van der Waals surface area contributed by atoms with Crippen LogP contribution in [0.4, 0.5) is 0 Å². The minimum atomic E-state index is -0.171. The first-order chi connectivity index (χ1) is 9.06. The van der Waals surface area contributed by atoms with Crippen molar-refractivity contribution >= 4 is 32.6 Å². The molecule has 2 rings (SSSR count). The van der Waals surface area contributed by atoms with Crippen LogP contribution in [0.1, 0.15) is 17.3 Å². The van der Waals surface area contributed by atoms with Gasteiger partial charge in [0.2, 0.25) is 0 Å². The van der Waals surface area contributed by atoms with Gasteiger partial charge < -0.3 is 10.0 Å².